The van der Waals surface area contributed by atoms with Crippen molar-refractivity contribution in [2.45, 2.75) is 57.8 Å². The molecule has 3 unspecified atom stereocenters. The fourth-order valence-corrected chi connectivity index (χ4v) is 3.21. The minimum atomic E-state index is -0.239. The van der Waals surface area contributed by atoms with Gasteiger partial charge in [0.05, 0.1) is 6.04 Å². The largest absolute Gasteiger partial charge is 0.319 e. The van der Waals surface area contributed by atoms with Gasteiger partial charge in [0.1, 0.15) is 12.0 Å². The summed E-state index contributed by atoms with van der Waals surface area (Å²) in [7, 11) is 0. The Labute approximate surface area is 125 Å². The zero-order valence-electron chi connectivity index (χ0n) is 12.7. The summed E-state index contributed by atoms with van der Waals surface area (Å²) in [5, 5.41) is 3.48. The average Bonchev–Trinajstić information content (AvgIpc) is 2.76. The van der Waals surface area contributed by atoms with Crippen molar-refractivity contribution < 1.29 is 9.18 Å². The van der Waals surface area contributed by atoms with E-state index >= 15 is 0 Å². The molecule has 1 saturated carbocycles. The molecule has 1 saturated heterocycles. The number of rotatable bonds is 4. The van der Waals surface area contributed by atoms with Crippen LogP contribution in [0.15, 0.2) is 24.3 Å². The maximum Gasteiger partial charge on any atom is 0.241 e. The van der Waals surface area contributed by atoms with Crippen LogP contribution in [0.5, 0.6) is 0 Å². The molecule has 1 aromatic rings. The molecule has 114 valence electrons. The maximum absolute atomic E-state index is 13.1. The molecular formula is C17H23FN2O. The monoisotopic (exact) mass is 290 g/mol. The van der Waals surface area contributed by atoms with Crippen LogP contribution in [-0.2, 0) is 4.79 Å². The SMILES string of the molecule is CCC(C)C1NC(c2ccc(F)cc2)N(C2CCC2)C1=O. The third-order valence-corrected chi connectivity index (χ3v) is 5.00. The fraction of sp³-hybridized carbons (Fsp3) is 0.588. The van der Waals surface area contributed by atoms with Gasteiger partial charge in [-0.1, -0.05) is 32.4 Å². The quantitative estimate of drug-likeness (QED) is 0.923. The summed E-state index contributed by atoms with van der Waals surface area (Å²) >= 11 is 0. The van der Waals surface area contributed by atoms with E-state index < -0.39 is 0 Å². The Balaban J connectivity index is 1.89. The van der Waals surface area contributed by atoms with E-state index in [0.29, 0.717) is 12.0 Å². The lowest BCUT2D eigenvalue weighted by molar-refractivity contribution is -0.134. The summed E-state index contributed by atoms with van der Waals surface area (Å²) in [6.45, 7) is 4.22. The van der Waals surface area contributed by atoms with Crippen LogP contribution in [0.2, 0.25) is 0 Å². The number of carbonyl (C=O) groups excluding carboxylic acids is 1. The number of nitrogens with one attached hydrogen (secondary N) is 1. The van der Waals surface area contributed by atoms with Gasteiger partial charge in [0.2, 0.25) is 5.91 Å². The van der Waals surface area contributed by atoms with E-state index in [0.717, 1.165) is 24.8 Å². The first kappa shape index (κ1) is 14.5. The molecule has 0 radical (unpaired) electrons. The van der Waals surface area contributed by atoms with Gasteiger partial charge in [-0.15, -0.1) is 0 Å². The van der Waals surface area contributed by atoms with Crippen molar-refractivity contribution in [1.82, 2.24) is 10.2 Å². The van der Waals surface area contributed by atoms with E-state index in [4.69, 9.17) is 0 Å². The molecule has 2 aliphatic rings. The molecule has 1 amide bonds. The van der Waals surface area contributed by atoms with Gasteiger partial charge in [0.15, 0.2) is 0 Å². The van der Waals surface area contributed by atoms with E-state index in [2.05, 4.69) is 19.2 Å². The molecule has 1 aromatic carbocycles. The van der Waals surface area contributed by atoms with E-state index in [1.54, 1.807) is 12.1 Å². The van der Waals surface area contributed by atoms with Crippen molar-refractivity contribution in [3.8, 4) is 0 Å². The fourth-order valence-electron chi connectivity index (χ4n) is 3.21. The summed E-state index contributed by atoms with van der Waals surface area (Å²) < 4.78 is 13.1. The molecular weight excluding hydrogens is 267 g/mol. The Hall–Kier alpha value is -1.42. The summed E-state index contributed by atoms with van der Waals surface area (Å²) in [6.07, 6.45) is 4.22. The van der Waals surface area contributed by atoms with E-state index in [9.17, 15) is 9.18 Å². The Morgan fingerprint density at radius 1 is 1.33 bits per heavy atom. The molecule has 3 atom stereocenters. The van der Waals surface area contributed by atoms with Crippen LogP contribution in [0.4, 0.5) is 4.39 Å². The van der Waals surface area contributed by atoms with Gasteiger partial charge in [-0.2, -0.15) is 0 Å². The predicted molar refractivity (Wildman–Crippen MR) is 80.0 cm³/mol. The van der Waals surface area contributed by atoms with Gasteiger partial charge in [0, 0.05) is 6.04 Å². The van der Waals surface area contributed by atoms with E-state index in [1.165, 1.54) is 18.6 Å². The number of hydrogen-bond donors (Lipinski definition) is 1. The van der Waals surface area contributed by atoms with Crippen molar-refractivity contribution in [3.05, 3.63) is 35.6 Å². The molecule has 1 aliphatic carbocycles. The zero-order valence-corrected chi connectivity index (χ0v) is 12.7. The van der Waals surface area contributed by atoms with Crippen LogP contribution in [0.1, 0.15) is 51.3 Å². The third-order valence-electron chi connectivity index (χ3n) is 5.00. The van der Waals surface area contributed by atoms with Crippen molar-refractivity contribution in [3.63, 3.8) is 0 Å². The molecule has 0 spiro atoms. The summed E-state index contributed by atoms with van der Waals surface area (Å²) in [5.41, 5.74) is 0.974. The number of hydrogen-bond acceptors (Lipinski definition) is 2. The molecule has 0 bridgehead atoms. The molecule has 3 rings (SSSR count). The second-order valence-corrected chi connectivity index (χ2v) is 6.31. The van der Waals surface area contributed by atoms with Gasteiger partial charge in [-0.05, 0) is 42.9 Å². The minimum absolute atomic E-state index is 0.109. The topological polar surface area (TPSA) is 32.3 Å². The normalized spacial score (nSPS) is 27.8. The summed E-state index contributed by atoms with van der Waals surface area (Å²) in [6, 6.07) is 6.73. The number of carbonyl (C=O) groups is 1. The number of amides is 1. The lowest BCUT2D eigenvalue weighted by Crippen LogP contribution is -2.44. The highest BCUT2D eigenvalue weighted by atomic mass is 19.1. The second kappa shape index (κ2) is 5.76. The highest BCUT2D eigenvalue weighted by Gasteiger charge is 2.45. The van der Waals surface area contributed by atoms with E-state index in [-0.39, 0.29) is 23.9 Å². The molecule has 1 N–H and O–H groups in total. The van der Waals surface area contributed by atoms with Gasteiger partial charge < -0.3 is 4.90 Å². The Morgan fingerprint density at radius 3 is 2.52 bits per heavy atom. The van der Waals surface area contributed by atoms with Crippen molar-refractivity contribution >= 4 is 5.91 Å². The lowest BCUT2D eigenvalue weighted by Gasteiger charge is -2.38. The Morgan fingerprint density at radius 2 is 2.00 bits per heavy atom. The van der Waals surface area contributed by atoms with Crippen molar-refractivity contribution in [1.29, 1.82) is 0 Å². The predicted octanol–water partition coefficient (Wildman–Crippen LogP) is 3.22. The van der Waals surface area contributed by atoms with Crippen LogP contribution in [0.3, 0.4) is 0 Å². The molecule has 3 nitrogen and oxygen atoms in total. The van der Waals surface area contributed by atoms with Crippen LogP contribution >= 0.6 is 0 Å². The van der Waals surface area contributed by atoms with Gasteiger partial charge in [-0.3, -0.25) is 10.1 Å². The van der Waals surface area contributed by atoms with Crippen LogP contribution < -0.4 is 5.32 Å². The standard InChI is InChI=1S/C17H23FN2O/c1-3-11(2)15-17(21)20(14-5-4-6-14)16(19-15)12-7-9-13(18)10-8-12/h7-11,14-16,19H,3-6H2,1-2H3. The molecule has 1 aliphatic heterocycles. The first-order chi connectivity index (χ1) is 10.1. The highest BCUT2D eigenvalue weighted by Crippen LogP contribution is 2.37. The maximum atomic E-state index is 13.1. The molecule has 2 fully saturated rings. The smallest absolute Gasteiger partial charge is 0.241 e. The Kier molecular flexibility index (Phi) is 3.98. The molecule has 0 aromatic heterocycles. The minimum Gasteiger partial charge on any atom is -0.319 e. The van der Waals surface area contributed by atoms with Gasteiger partial charge >= 0.3 is 0 Å². The highest BCUT2D eigenvalue weighted by molar-refractivity contribution is 5.85. The van der Waals surface area contributed by atoms with Crippen molar-refractivity contribution in [2.75, 3.05) is 0 Å². The number of benzene rings is 1. The Bertz CT molecular complexity index is 512. The first-order valence-electron chi connectivity index (χ1n) is 7.95. The third kappa shape index (κ3) is 2.57. The second-order valence-electron chi connectivity index (χ2n) is 6.31. The first-order valence-corrected chi connectivity index (χ1v) is 7.95. The van der Waals surface area contributed by atoms with Gasteiger partial charge in [0.25, 0.3) is 0 Å². The summed E-state index contributed by atoms with van der Waals surface area (Å²) in [4.78, 5) is 14.8. The van der Waals surface area contributed by atoms with E-state index in [1.807, 2.05) is 4.90 Å². The lowest BCUT2D eigenvalue weighted by atomic mass is 9.90. The van der Waals surface area contributed by atoms with Crippen molar-refractivity contribution in [2.24, 2.45) is 5.92 Å². The molecule has 4 heteroatoms. The molecule has 1 heterocycles. The number of nitrogens with zero attached hydrogens (tertiary/aromatic N) is 1. The van der Waals surface area contributed by atoms with Crippen LogP contribution in [0.25, 0.3) is 0 Å². The number of halogens is 1. The zero-order chi connectivity index (χ0) is 15.0. The average molecular weight is 290 g/mol. The molecule has 21 heavy (non-hydrogen) atoms. The van der Waals surface area contributed by atoms with Crippen LogP contribution in [-0.4, -0.2) is 22.9 Å². The van der Waals surface area contributed by atoms with Gasteiger partial charge in [-0.25, -0.2) is 4.39 Å². The van der Waals surface area contributed by atoms with Crippen LogP contribution in [0, 0.1) is 11.7 Å². The summed E-state index contributed by atoms with van der Waals surface area (Å²) in [5.74, 6) is 0.283.